The lowest BCUT2D eigenvalue weighted by atomic mass is 10.0. The van der Waals surface area contributed by atoms with Gasteiger partial charge in [-0.3, -0.25) is 24.6 Å². The molecule has 0 aromatic heterocycles. The van der Waals surface area contributed by atoms with Gasteiger partial charge in [0.05, 0.1) is 6.42 Å². The lowest BCUT2D eigenvalue weighted by Crippen LogP contribution is -2.58. The highest BCUT2D eigenvalue weighted by Crippen LogP contribution is 2.08. The van der Waals surface area contributed by atoms with E-state index in [0.717, 1.165) is 18.4 Å². The van der Waals surface area contributed by atoms with Crippen LogP contribution in [0.25, 0.3) is 0 Å². The highest BCUT2D eigenvalue weighted by molar-refractivity contribution is 5.94. The number of carbonyl (C=O) groups excluding carboxylic acids is 4. The average molecular weight is 590 g/mol. The zero-order chi connectivity index (χ0) is 31.3. The molecule has 0 fully saturated rings. The Hall–Kier alpha value is -3.71. The largest absolute Gasteiger partial charge is 0.370 e. The first-order chi connectivity index (χ1) is 20.1. The third kappa shape index (κ3) is 15.3. The van der Waals surface area contributed by atoms with Gasteiger partial charge in [-0.2, -0.15) is 0 Å². The summed E-state index contributed by atoms with van der Waals surface area (Å²) in [5.74, 6) is -2.12. The molecular formula is C29H51N9O4. The molecule has 0 spiro atoms. The maximum Gasteiger partial charge on any atom is 0.243 e. The van der Waals surface area contributed by atoms with Crippen molar-refractivity contribution in [3.63, 3.8) is 0 Å². The number of amides is 4. The van der Waals surface area contributed by atoms with Crippen molar-refractivity contribution in [2.75, 3.05) is 26.2 Å². The van der Waals surface area contributed by atoms with Crippen LogP contribution < -0.4 is 43.8 Å². The molecule has 13 nitrogen and oxygen atoms in total. The molecule has 1 aromatic rings. The second-order valence-electron chi connectivity index (χ2n) is 10.6. The summed E-state index contributed by atoms with van der Waals surface area (Å²) in [6, 6.07) is 6.51. The molecule has 42 heavy (non-hydrogen) atoms. The monoisotopic (exact) mass is 589 g/mol. The molecule has 1 unspecified atom stereocenters. The van der Waals surface area contributed by atoms with Gasteiger partial charge in [0, 0.05) is 13.1 Å². The van der Waals surface area contributed by atoms with Gasteiger partial charge in [0.1, 0.15) is 18.1 Å². The van der Waals surface area contributed by atoms with Crippen molar-refractivity contribution in [3.05, 3.63) is 35.9 Å². The Kier molecular flexibility index (Phi) is 18.2. The molecule has 0 heterocycles. The van der Waals surface area contributed by atoms with Crippen LogP contribution in [0.4, 0.5) is 0 Å². The lowest BCUT2D eigenvalue weighted by molar-refractivity contribution is -0.134. The van der Waals surface area contributed by atoms with Crippen LogP contribution in [0.5, 0.6) is 0 Å². The van der Waals surface area contributed by atoms with E-state index in [2.05, 4.69) is 26.6 Å². The van der Waals surface area contributed by atoms with E-state index in [4.69, 9.17) is 22.6 Å². The predicted octanol–water partition coefficient (Wildman–Crippen LogP) is -0.413. The molecule has 13 heteroatoms. The Labute approximate surface area is 249 Å². The maximum absolute atomic E-state index is 13.4. The molecule has 1 aromatic carbocycles. The topological polar surface area (TPSA) is 230 Å². The number of rotatable bonds is 21. The number of hydrogen-bond acceptors (Lipinski definition) is 7. The Morgan fingerprint density at radius 1 is 0.738 bits per heavy atom. The van der Waals surface area contributed by atoms with Gasteiger partial charge in [0.25, 0.3) is 0 Å². The minimum atomic E-state index is -0.941. The van der Waals surface area contributed by atoms with E-state index in [-0.39, 0.29) is 36.5 Å². The second kappa shape index (κ2) is 21.1. The van der Waals surface area contributed by atoms with Gasteiger partial charge in [-0.05, 0) is 69.5 Å². The molecule has 0 aliphatic carbocycles. The first kappa shape index (κ1) is 36.3. The van der Waals surface area contributed by atoms with Crippen molar-refractivity contribution >= 4 is 29.6 Å². The number of benzene rings is 1. The van der Waals surface area contributed by atoms with Crippen molar-refractivity contribution < 1.29 is 19.2 Å². The number of nitrogens with two attached hydrogens (primary N) is 3. The quantitative estimate of drug-likeness (QED) is 0.0518. The zero-order valence-electron chi connectivity index (χ0n) is 25.0. The highest BCUT2D eigenvalue weighted by Gasteiger charge is 2.31. The molecule has 1 rings (SSSR count). The zero-order valence-corrected chi connectivity index (χ0v) is 25.0. The van der Waals surface area contributed by atoms with E-state index < -0.39 is 29.9 Å². The molecule has 0 saturated heterocycles. The summed E-state index contributed by atoms with van der Waals surface area (Å²) in [4.78, 5) is 52.5. The van der Waals surface area contributed by atoms with E-state index >= 15 is 0 Å². The van der Waals surface area contributed by atoms with Crippen molar-refractivity contribution in [1.82, 2.24) is 26.6 Å². The van der Waals surface area contributed by atoms with Crippen LogP contribution in [0, 0.1) is 11.3 Å². The number of hydrogen-bond donors (Lipinski definition) is 9. The molecule has 236 valence electrons. The number of nitrogens with one attached hydrogen (secondary N) is 6. The van der Waals surface area contributed by atoms with E-state index in [0.29, 0.717) is 51.9 Å². The summed E-state index contributed by atoms with van der Waals surface area (Å²) in [6.45, 7) is 5.38. The van der Waals surface area contributed by atoms with Gasteiger partial charge in [0.15, 0.2) is 5.96 Å². The normalized spacial score (nSPS) is 13.0. The Morgan fingerprint density at radius 2 is 1.33 bits per heavy atom. The first-order valence-electron chi connectivity index (χ1n) is 14.8. The van der Waals surface area contributed by atoms with Crippen LogP contribution in [-0.4, -0.2) is 73.9 Å². The van der Waals surface area contributed by atoms with Crippen molar-refractivity contribution in [3.8, 4) is 0 Å². The molecule has 3 atom stereocenters. The van der Waals surface area contributed by atoms with Crippen LogP contribution >= 0.6 is 0 Å². The predicted molar refractivity (Wildman–Crippen MR) is 164 cm³/mol. The van der Waals surface area contributed by atoms with Crippen LogP contribution in [0.3, 0.4) is 0 Å². The molecule has 12 N–H and O–H groups in total. The molecule has 0 radical (unpaired) electrons. The average Bonchev–Trinajstić information content (AvgIpc) is 2.95. The van der Waals surface area contributed by atoms with Crippen molar-refractivity contribution in [1.29, 1.82) is 5.41 Å². The summed E-state index contributed by atoms with van der Waals surface area (Å²) in [7, 11) is 0. The Bertz CT molecular complexity index is 975. The summed E-state index contributed by atoms with van der Waals surface area (Å²) in [6.07, 6.45) is 4.07. The Morgan fingerprint density at radius 3 is 1.95 bits per heavy atom. The number of carbonyl (C=O) groups is 4. The van der Waals surface area contributed by atoms with Crippen LogP contribution in [0.1, 0.15) is 64.4 Å². The third-order valence-electron chi connectivity index (χ3n) is 6.60. The molecule has 4 amide bonds. The van der Waals surface area contributed by atoms with E-state index in [1.807, 2.05) is 30.3 Å². The maximum atomic E-state index is 13.4. The van der Waals surface area contributed by atoms with Crippen molar-refractivity contribution in [2.24, 2.45) is 23.1 Å². The van der Waals surface area contributed by atoms with Crippen LogP contribution in [-0.2, 0) is 25.6 Å². The minimum Gasteiger partial charge on any atom is -0.370 e. The van der Waals surface area contributed by atoms with Gasteiger partial charge in [0.2, 0.25) is 23.6 Å². The molecule has 0 aliphatic heterocycles. The van der Waals surface area contributed by atoms with Crippen molar-refractivity contribution in [2.45, 2.75) is 83.3 Å². The summed E-state index contributed by atoms with van der Waals surface area (Å²) >= 11 is 0. The third-order valence-corrected chi connectivity index (χ3v) is 6.60. The van der Waals surface area contributed by atoms with Crippen LogP contribution in [0.2, 0.25) is 0 Å². The second-order valence-corrected chi connectivity index (χ2v) is 10.6. The summed E-state index contributed by atoms with van der Waals surface area (Å²) < 4.78 is 0. The molecular weight excluding hydrogens is 538 g/mol. The van der Waals surface area contributed by atoms with E-state index in [1.54, 1.807) is 13.8 Å². The van der Waals surface area contributed by atoms with Gasteiger partial charge < -0.3 is 43.8 Å². The standard InChI is InChI=1S/C29H51N9O4/c1-20(2)25(28(42)37-22(13-6-7-15-30)26(40)34-17-9-8-16-31)38-27(41)23(14-10-18-35-29(32)33)36-24(39)19-21-11-4-3-5-12-21/h3-5,11-12,20,22-23,25H,6-10,13-19,30-31H2,1-2H3,(H,34,40)(H,36,39)(H,37,42)(H,38,41)(H4,32,33,35)/t22-,23-,25?/m0/s1. The van der Waals surface area contributed by atoms with Gasteiger partial charge >= 0.3 is 0 Å². The SMILES string of the molecule is CC(C)C(NC(=O)[C@H](CCCNC(=N)N)NC(=O)Cc1ccccc1)C(=O)N[C@@H](CCCCN)C(=O)NCCCCN. The fourth-order valence-corrected chi connectivity index (χ4v) is 4.24. The number of guanidine groups is 1. The highest BCUT2D eigenvalue weighted by atomic mass is 16.2. The minimum absolute atomic E-state index is 0.0925. The van der Waals surface area contributed by atoms with E-state index in [9.17, 15) is 19.2 Å². The smallest absolute Gasteiger partial charge is 0.243 e. The first-order valence-corrected chi connectivity index (χ1v) is 14.8. The number of unbranched alkanes of at least 4 members (excludes halogenated alkanes) is 2. The lowest BCUT2D eigenvalue weighted by Gasteiger charge is -2.27. The molecule has 0 bridgehead atoms. The fourth-order valence-electron chi connectivity index (χ4n) is 4.24. The molecule has 0 aliphatic rings. The summed E-state index contributed by atoms with van der Waals surface area (Å²) in [5.41, 5.74) is 17.3. The van der Waals surface area contributed by atoms with Gasteiger partial charge in [-0.15, -0.1) is 0 Å². The van der Waals surface area contributed by atoms with E-state index in [1.165, 1.54) is 0 Å². The van der Waals surface area contributed by atoms with Gasteiger partial charge in [-0.25, -0.2) is 0 Å². The Balaban J connectivity index is 2.96. The fraction of sp³-hybridized carbons (Fsp3) is 0.621. The summed E-state index contributed by atoms with van der Waals surface area (Å²) in [5, 5.41) is 21.2. The van der Waals surface area contributed by atoms with Gasteiger partial charge in [-0.1, -0.05) is 44.2 Å². The van der Waals surface area contributed by atoms with Crippen LogP contribution in [0.15, 0.2) is 30.3 Å². The molecule has 0 saturated carbocycles.